The molecule has 1 aromatic carbocycles. The van der Waals surface area contributed by atoms with Crippen molar-refractivity contribution < 1.29 is 4.52 Å². The summed E-state index contributed by atoms with van der Waals surface area (Å²) in [7, 11) is 0. The monoisotopic (exact) mass is 228 g/mol. The van der Waals surface area contributed by atoms with Crippen LogP contribution in [0.25, 0.3) is 10.9 Å². The Bertz CT molecular complexity index is 600. The molecule has 0 fully saturated rings. The maximum Gasteiger partial charge on any atom is 0.213 e. The first kappa shape index (κ1) is 10.0. The summed E-state index contributed by atoms with van der Waals surface area (Å²) >= 11 is 0. The lowest BCUT2D eigenvalue weighted by Crippen LogP contribution is -2.13. The molecule has 0 aliphatic carbocycles. The van der Waals surface area contributed by atoms with Gasteiger partial charge in [0.25, 0.3) is 0 Å². The third-order valence-corrected chi connectivity index (χ3v) is 2.69. The largest absolute Gasteiger partial charge is 0.361 e. The summed E-state index contributed by atoms with van der Waals surface area (Å²) in [5, 5.41) is 8.28. The van der Waals surface area contributed by atoms with Crippen LogP contribution in [0.15, 0.2) is 41.4 Å². The Balaban J connectivity index is 1.70. The molecule has 3 aromatic rings. The van der Waals surface area contributed by atoms with Crippen molar-refractivity contribution in [1.29, 1.82) is 0 Å². The molecule has 3 rings (SSSR count). The van der Waals surface area contributed by atoms with Crippen LogP contribution in [-0.2, 0) is 13.1 Å². The Morgan fingerprint density at radius 1 is 1.24 bits per heavy atom. The molecule has 86 valence electrons. The molecule has 5 nitrogen and oxygen atoms in total. The molecule has 5 heteroatoms. The normalized spacial score (nSPS) is 11.1. The Hall–Kier alpha value is -2.14. The summed E-state index contributed by atoms with van der Waals surface area (Å²) in [5.74, 6) is 0.672. The van der Waals surface area contributed by atoms with Crippen LogP contribution in [0.1, 0.15) is 11.4 Å². The summed E-state index contributed by atoms with van der Waals surface area (Å²) in [6, 6.07) is 8.31. The quantitative estimate of drug-likeness (QED) is 0.715. The lowest BCUT2D eigenvalue weighted by molar-refractivity contribution is 0.407. The van der Waals surface area contributed by atoms with Gasteiger partial charge in [-0.3, -0.25) is 0 Å². The van der Waals surface area contributed by atoms with Crippen LogP contribution >= 0.6 is 0 Å². The maximum absolute atomic E-state index is 4.67. The van der Waals surface area contributed by atoms with Gasteiger partial charge in [-0.2, -0.15) is 4.98 Å². The van der Waals surface area contributed by atoms with E-state index in [9.17, 15) is 0 Å². The number of fused-ring (bicyclic) bond motifs is 1. The van der Waals surface area contributed by atoms with E-state index in [0.29, 0.717) is 12.4 Å². The minimum atomic E-state index is 0.608. The highest BCUT2D eigenvalue weighted by Gasteiger charge is 2.02. The predicted molar refractivity (Wildman–Crippen MR) is 63.1 cm³/mol. The molecule has 0 aliphatic heterocycles. The van der Waals surface area contributed by atoms with Crippen molar-refractivity contribution >= 4 is 10.9 Å². The fourth-order valence-electron chi connectivity index (χ4n) is 1.88. The van der Waals surface area contributed by atoms with Crippen LogP contribution in [0.4, 0.5) is 0 Å². The van der Waals surface area contributed by atoms with Crippen molar-refractivity contribution in [3.63, 3.8) is 0 Å². The molecule has 0 saturated carbocycles. The summed E-state index contributed by atoms with van der Waals surface area (Å²) < 4.78 is 4.67. The van der Waals surface area contributed by atoms with Gasteiger partial charge >= 0.3 is 0 Å². The van der Waals surface area contributed by atoms with Gasteiger partial charge in [0, 0.05) is 23.6 Å². The Kier molecular flexibility index (Phi) is 2.59. The summed E-state index contributed by atoms with van der Waals surface area (Å²) in [6.07, 6.45) is 3.29. The Morgan fingerprint density at radius 2 is 2.24 bits per heavy atom. The SMILES string of the molecule is c1cc(CNCc2ncon2)c2cc[nH]c2c1. The first-order valence-corrected chi connectivity index (χ1v) is 5.44. The zero-order valence-corrected chi connectivity index (χ0v) is 9.18. The molecule has 17 heavy (non-hydrogen) atoms. The molecule has 0 saturated heterocycles. The average Bonchev–Trinajstić information content (AvgIpc) is 2.99. The van der Waals surface area contributed by atoms with E-state index >= 15 is 0 Å². The number of hydrogen-bond donors (Lipinski definition) is 2. The number of benzene rings is 1. The van der Waals surface area contributed by atoms with E-state index in [2.05, 4.69) is 43.2 Å². The number of rotatable bonds is 4. The van der Waals surface area contributed by atoms with Crippen LogP contribution < -0.4 is 5.32 Å². The van der Waals surface area contributed by atoms with Gasteiger partial charge in [-0.1, -0.05) is 17.3 Å². The first-order chi connectivity index (χ1) is 8.43. The molecular formula is C12H12N4O. The number of nitrogens with one attached hydrogen (secondary N) is 2. The highest BCUT2D eigenvalue weighted by atomic mass is 16.5. The minimum Gasteiger partial charge on any atom is -0.361 e. The van der Waals surface area contributed by atoms with Gasteiger partial charge in [-0.25, -0.2) is 0 Å². The molecule has 0 radical (unpaired) electrons. The number of aromatic nitrogens is 3. The summed E-state index contributed by atoms with van der Waals surface area (Å²) in [6.45, 7) is 1.39. The third-order valence-electron chi connectivity index (χ3n) is 2.69. The molecule has 0 atom stereocenters. The summed E-state index contributed by atoms with van der Waals surface area (Å²) in [4.78, 5) is 7.15. The van der Waals surface area contributed by atoms with Gasteiger partial charge in [0.1, 0.15) is 0 Å². The van der Waals surface area contributed by atoms with Gasteiger partial charge in [-0.15, -0.1) is 0 Å². The number of aromatic amines is 1. The van der Waals surface area contributed by atoms with E-state index in [4.69, 9.17) is 0 Å². The smallest absolute Gasteiger partial charge is 0.213 e. The second kappa shape index (κ2) is 4.39. The van der Waals surface area contributed by atoms with E-state index in [1.54, 1.807) is 0 Å². The Labute approximate surface area is 97.8 Å². The van der Waals surface area contributed by atoms with Crippen LogP contribution in [0.5, 0.6) is 0 Å². The maximum atomic E-state index is 4.67. The fourth-order valence-corrected chi connectivity index (χ4v) is 1.88. The van der Waals surface area contributed by atoms with Crippen molar-refractivity contribution in [3.05, 3.63) is 48.2 Å². The molecule has 2 heterocycles. The van der Waals surface area contributed by atoms with Crippen LogP contribution in [-0.4, -0.2) is 15.1 Å². The molecular weight excluding hydrogens is 216 g/mol. The van der Waals surface area contributed by atoms with Gasteiger partial charge in [-0.05, 0) is 17.7 Å². The third kappa shape index (κ3) is 2.05. The van der Waals surface area contributed by atoms with Crippen molar-refractivity contribution in [1.82, 2.24) is 20.4 Å². The Morgan fingerprint density at radius 3 is 3.12 bits per heavy atom. The highest BCUT2D eigenvalue weighted by molar-refractivity contribution is 5.82. The van der Waals surface area contributed by atoms with E-state index < -0.39 is 0 Å². The molecule has 0 unspecified atom stereocenters. The van der Waals surface area contributed by atoms with E-state index in [-0.39, 0.29) is 0 Å². The number of nitrogens with zero attached hydrogens (tertiary/aromatic N) is 2. The van der Waals surface area contributed by atoms with Gasteiger partial charge in [0.2, 0.25) is 6.39 Å². The van der Waals surface area contributed by atoms with Crippen molar-refractivity contribution in [2.45, 2.75) is 13.1 Å². The molecule has 2 N–H and O–H groups in total. The zero-order valence-electron chi connectivity index (χ0n) is 9.18. The first-order valence-electron chi connectivity index (χ1n) is 5.44. The fraction of sp³-hybridized carbons (Fsp3) is 0.167. The van der Waals surface area contributed by atoms with Gasteiger partial charge < -0.3 is 14.8 Å². The van der Waals surface area contributed by atoms with E-state index in [1.165, 1.54) is 17.3 Å². The van der Waals surface area contributed by atoms with Crippen LogP contribution in [0.3, 0.4) is 0 Å². The highest BCUT2D eigenvalue weighted by Crippen LogP contribution is 2.16. The molecule has 0 amide bonds. The molecule has 0 aliphatic rings. The molecule has 0 spiro atoms. The van der Waals surface area contributed by atoms with Crippen LogP contribution in [0.2, 0.25) is 0 Å². The molecule has 0 bridgehead atoms. The number of hydrogen-bond acceptors (Lipinski definition) is 4. The lowest BCUT2D eigenvalue weighted by Gasteiger charge is -2.03. The lowest BCUT2D eigenvalue weighted by atomic mass is 10.1. The standard InChI is InChI=1S/C12H12N4O/c1-2-9(10-4-5-14-11(10)3-1)6-13-7-12-15-8-17-16-12/h1-5,8,13-14H,6-7H2. The minimum absolute atomic E-state index is 0.608. The zero-order chi connectivity index (χ0) is 11.5. The van der Waals surface area contributed by atoms with Gasteiger partial charge in [0.15, 0.2) is 5.82 Å². The molecule has 2 aromatic heterocycles. The average molecular weight is 228 g/mol. The second-order valence-electron chi connectivity index (χ2n) is 3.81. The van der Waals surface area contributed by atoms with E-state index in [0.717, 1.165) is 12.1 Å². The topological polar surface area (TPSA) is 66.7 Å². The van der Waals surface area contributed by atoms with Crippen LogP contribution in [0, 0.1) is 0 Å². The predicted octanol–water partition coefficient (Wildman–Crippen LogP) is 1.84. The van der Waals surface area contributed by atoms with Crippen molar-refractivity contribution in [3.8, 4) is 0 Å². The van der Waals surface area contributed by atoms with Crippen molar-refractivity contribution in [2.75, 3.05) is 0 Å². The number of H-pyrrole nitrogens is 1. The summed E-state index contributed by atoms with van der Waals surface area (Å²) in [5.41, 5.74) is 2.41. The van der Waals surface area contributed by atoms with E-state index in [1.807, 2.05) is 12.3 Å². The second-order valence-corrected chi connectivity index (χ2v) is 3.81. The van der Waals surface area contributed by atoms with Crippen molar-refractivity contribution in [2.24, 2.45) is 0 Å². The van der Waals surface area contributed by atoms with Gasteiger partial charge in [0.05, 0.1) is 6.54 Å².